The zero-order valence-corrected chi connectivity index (χ0v) is 32.8. The van der Waals surface area contributed by atoms with Crippen LogP contribution >= 0.6 is 0 Å². The summed E-state index contributed by atoms with van der Waals surface area (Å²) in [5.41, 5.74) is 11.7. The van der Waals surface area contributed by atoms with Crippen LogP contribution in [0.4, 0.5) is 0 Å². The van der Waals surface area contributed by atoms with E-state index in [-0.39, 0.29) is 11.4 Å². The van der Waals surface area contributed by atoms with Crippen LogP contribution in [-0.4, -0.2) is 13.1 Å². The molecule has 16 rings (SSSR count). The first kappa shape index (κ1) is 30.1. The van der Waals surface area contributed by atoms with E-state index < -0.39 is 0 Å². The molecule has 0 amide bonds. The number of ether oxygens (including phenoxy) is 1. The van der Waals surface area contributed by atoms with Gasteiger partial charge in [-0.2, -0.15) is 0 Å². The van der Waals surface area contributed by atoms with Crippen molar-refractivity contribution in [2.45, 2.75) is 77.0 Å². The lowest BCUT2D eigenvalue weighted by Gasteiger charge is -2.71. The molecule has 280 valence electrons. The summed E-state index contributed by atoms with van der Waals surface area (Å²) in [5.74, 6) is 24.6. The van der Waals surface area contributed by atoms with E-state index in [0.717, 1.165) is 155 Å². The first-order chi connectivity index (χ1) is 26.5. The van der Waals surface area contributed by atoms with Gasteiger partial charge < -0.3 is 4.74 Å². The minimum Gasteiger partial charge on any atom is -0.469 e. The molecule has 1 aromatic rings. The monoisotopic (exact) mass is 716 g/mol. The number of methoxy groups -OCH3 is 1. The Hall–Kier alpha value is -2.09. The molecule has 0 heterocycles. The molecule has 0 bridgehead atoms. The second-order valence-electron chi connectivity index (χ2n) is 23.6. The van der Waals surface area contributed by atoms with Crippen LogP contribution in [0.25, 0.3) is 0 Å². The highest BCUT2D eigenvalue weighted by Gasteiger charge is 2.86. The second-order valence-corrected chi connectivity index (χ2v) is 23.6. The molecule has 54 heavy (non-hydrogen) atoms. The van der Waals surface area contributed by atoms with Crippen molar-refractivity contribution in [3.05, 3.63) is 70.3 Å². The second kappa shape index (κ2) is 9.12. The predicted octanol–water partition coefficient (Wildman–Crippen LogP) is 10.0. The van der Waals surface area contributed by atoms with Crippen LogP contribution in [-0.2, 0) is 14.9 Å². The third-order valence-corrected chi connectivity index (χ3v) is 23.9. The fraction of sp³-hybridized carbons (Fsp3) is 0.750. The molecule has 12 fully saturated rings. The molecule has 0 aliphatic heterocycles. The Kier molecular flexibility index (Phi) is 5.08. The summed E-state index contributed by atoms with van der Waals surface area (Å²) < 4.78 is 5.24. The minimum atomic E-state index is -0.0269. The van der Waals surface area contributed by atoms with E-state index >= 15 is 0 Å². The largest absolute Gasteiger partial charge is 0.469 e. The molecule has 2 nitrogen and oxygen atoms in total. The molecule has 0 spiro atoms. The fourth-order valence-electron chi connectivity index (χ4n) is 24.2. The van der Waals surface area contributed by atoms with Crippen LogP contribution in [0, 0.1) is 154 Å². The Bertz CT molecular complexity index is 2070. The summed E-state index contributed by atoms with van der Waals surface area (Å²) in [5, 5.41) is 0. The predicted molar refractivity (Wildman–Crippen MR) is 207 cm³/mol. The van der Waals surface area contributed by atoms with E-state index in [1.807, 2.05) is 11.1 Å². The lowest BCUT2D eigenvalue weighted by Crippen LogP contribution is -2.67. The van der Waals surface area contributed by atoms with Gasteiger partial charge in [-0.05, 0) is 205 Å². The molecular weight excluding hydrogens is 657 g/mol. The molecular formula is C52H60O2. The molecule has 15 aliphatic rings. The standard InChI is InChI=1S/C52H60O2/c1-19-27-13-12-22-15-23-16-24-17-25-18-28-20(2)32-41-45-38(28)43-36(25)35(24)42-34(23)33(22)37(27)44-39-30(19)21(3)31(40(39)46(45)48(43)47(42)44)49(41)51-50(32)52(51,14-8-11-29(53)54-4)26-9-6-5-7-10-26/h5-7,9-10,19-20,23-25,27-28,30-32,34-48,50H,3,8,11-18H2,1-2,4H3. The Morgan fingerprint density at radius 3 is 2.28 bits per heavy atom. The van der Waals surface area contributed by atoms with E-state index in [9.17, 15) is 4.79 Å². The van der Waals surface area contributed by atoms with Gasteiger partial charge in [0, 0.05) is 17.8 Å². The van der Waals surface area contributed by atoms with Crippen molar-refractivity contribution in [2.24, 2.45) is 154 Å². The van der Waals surface area contributed by atoms with Gasteiger partial charge in [0.1, 0.15) is 0 Å². The number of hydrogen-bond acceptors (Lipinski definition) is 2. The summed E-state index contributed by atoms with van der Waals surface area (Å²) in [4.78, 5) is 12.6. The summed E-state index contributed by atoms with van der Waals surface area (Å²) in [6.07, 6.45) is 11.9. The number of hydrogen-bond donors (Lipinski definition) is 0. The number of esters is 1. The molecule has 0 N–H and O–H groups in total. The number of allylic oxidation sites excluding steroid dienone is 5. The highest BCUT2D eigenvalue weighted by molar-refractivity contribution is 5.69. The highest BCUT2D eigenvalue weighted by Crippen LogP contribution is 2.91. The molecule has 27 unspecified atom stereocenters. The van der Waals surface area contributed by atoms with Crippen LogP contribution < -0.4 is 0 Å². The van der Waals surface area contributed by atoms with E-state index in [0.29, 0.717) is 18.3 Å². The van der Waals surface area contributed by atoms with Crippen molar-refractivity contribution in [1.29, 1.82) is 0 Å². The van der Waals surface area contributed by atoms with Gasteiger partial charge in [0.2, 0.25) is 0 Å². The third kappa shape index (κ3) is 2.76. The highest BCUT2D eigenvalue weighted by atomic mass is 16.5. The quantitative estimate of drug-likeness (QED) is 0.224. The number of fused-ring (bicyclic) bond motifs is 3. The van der Waals surface area contributed by atoms with Crippen LogP contribution in [0.1, 0.15) is 77.2 Å². The van der Waals surface area contributed by atoms with Gasteiger partial charge in [0.15, 0.2) is 0 Å². The third-order valence-electron chi connectivity index (χ3n) is 23.9. The summed E-state index contributed by atoms with van der Waals surface area (Å²) in [7, 11) is 1.58. The zero-order valence-electron chi connectivity index (χ0n) is 32.8. The maximum atomic E-state index is 12.6. The van der Waals surface area contributed by atoms with Gasteiger partial charge >= 0.3 is 5.97 Å². The van der Waals surface area contributed by atoms with Gasteiger partial charge in [-0.1, -0.05) is 78.6 Å². The lowest BCUT2D eigenvalue weighted by molar-refractivity contribution is -0.214. The van der Waals surface area contributed by atoms with Crippen molar-refractivity contribution in [3.8, 4) is 0 Å². The maximum absolute atomic E-state index is 12.6. The molecule has 0 aromatic heterocycles. The Morgan fingerprint density at radius 1 is 0.722 bits per heavy atom. The molecule has 15 aliphatic carbocycles. The van der Waals surface area contributed by atoms with Gasteiger partial charge in [0.25, 0.3) is 0 Å². The van der Waals surface area contributed by atoms with Crippen molar-refractivity contribution in [3.63, 3.8) is 0 Å². The smallest absolute Gasteiger partial charge is 0.305 e. The fourth-order valence-corrected chi connectivity index (χ4v) is 24.2. The SMILES string of the molecule is C=C1C2C3=C4C(C5C(C)C6CC7CC8CC9CC%10=C%11C9C9C8C7C7C6C(C35)C3C2C2C1C(C)C(CC%10)C%11C2C9C73)C4(CCCC(=O)OC)c1ccccc1. The van der Waals surface area contributed by atoms with Crippen LogP contribution in [0.2, 0.25) is 0 Å². The zero-order chi connectivity index (χ0) is 35.2. The van der Waals surface area contributed by atoms with Crippen LogP contribution in [0.3, 0.4) is 0 Å². The Balaban J connectivity index is 0.967. The molecule has 0 radical (unpaired) electrons. The Morgan fingerprint density at radius 2 is 1.43 bits per heavy atom. The van der Waals surface area contributed by atoms with Crippen LogP contribution in [0.5, 0.6) is 0 Å². The average molecular weight is 717 g/mol. The molecule has 1 aromatic carbocycles. The minimum absolute atomic E-state index is 0.0269. The first-order valence-corrected chi connectivity index (χ1v) is 23.7. The van der Waals surface area contributed by atoms with E-state index in [4.69, 9.17) is 11.3 Å². The summed E-state index contributed by atoms with van der Waals surface area (Å²) in [6, 6.07) is 11.9. The van der Waals surface area contributed by atoms with Crippen LogP contribution in [0.15, 0.2) is 64.8 Å². The van der Waals surface area contributed by atoms with Gasteiger partial charge in [-0.3, -0.25) is 4.79 Å². The van der Waals surface area contributed by atoms with Crippen molar-refractivity contribution in [2.75, 3.05) is 7.11 Å². The Labute approximate surface area is 322 Å². The van der Waals surface area contributed by atoms with E-state index in [1.54, 1.807) is 37.5 Å². The van der Waals surface area contributed by atoms with Crippen molar-refractivity contribution >= 4 is 5.97 Å². The van der Waals surface area contributed by atoms with Gasteiger partial charge in [-0.25, -0.2) is 0 Å². The van der Waals surface area contributed by atoms with Crippen molar-refractivity contribution < 1.29 is 9.53 Å². The van der Waals surface area contributed by atoms with Gasteiger partial charge in [-0.15, -0.1) is 0 Å². The topological polar surface area (TPSA) is 26.3 Å². The van der Waals surface area contributed by atoms with E-state index in [2.05, 4.69) is 55.3 Å². The summed E-state index contributed by atoms with van der Waals surface area (Å²) in [6.45, 7) is 11.1. The molecule has 0 saturated heterocycles. The normalized spacial score (nSPS) is 64.0. The number of carbonyl (C=O) groups is 1. The average Bonchev–Trinajstić information content (AvgIpc) is 3.73. The lowest BCUT2D eigenvalue weighted by atomic mass is 9.33. The van der Waals surface area contributed by atoms with Gasteiger partial charge in [0.05, 0.1) is 7.11 Å². The maximum Gasteiger partial charge on any atom is 0.305 e. The molecule has 2 heteroatoms. The summed E-state index contributed by atoms with van der Waals surface area (Å²) >= 11 is 0. The first-order valence-electron chi connectivity index (χ1n) is 23.7. The molecule has 27 atom stereocenters. The van der Waals surface area contributed by atoms with E-state index in [1.165, 1.54) is 19.3 Å². The van der Waals surface area contributed by atoms with Crippen molar-refractivity contribution in [1.82, 2.24) is 0 Å². The number of rotatable bonds is 5. The number of benzene rings is 1. The molecule has 12 saturated carbocycles. The number of carbonyl (C=O) groups excluding carboxylic acids is 1.